The average molecular weight is 354 g/mol. The Hall–Kier alpha value is -3.35. The molecule has 1 heterocycles. The Bertz CT molecular complexity index is 847. The molecule has 7 nitrogen and oxygen atoms in total. The lowest BCUT2D eigenvalue weighted by atomic mass is 10.1. The zero-order chi connectivity index (χ0) is 18.7. The first kappa shape index (κ1) is 17.5. The van der Waals surface area contributed by atoms with E-state index in [2.05, 4.69) is 5.32 Å². The number of nitrogens with one attached hydrogen (secondary N) is 1. The Balaban J connectivity index is 1.68. The third kappa shape index (κ3) is 3.66. The summed E-state index contributed by atoms with van der Waals surface area (Å²) in [6, 6.07) is 13.1. The Morgan fingerprint density at radius 2 is 1.92 bits per heavy atom. The quantitative estimate of drug-likeness (QED) is 0.859. The number of carbonyl (C=O) groups is 3. The van der Waals surface area contributed by atoms with Gasteiger partial charge in [0, 0.05) is 24.3 Å². The molecule has 1 fully saturated rings. The van der Waals surface area contributed by atoms with Crippen molar-refractivity contribution in [3.8, 4) is 5.75 Å². The highest BCUT2D eigenvalue weighted by Crippen LogP contribution is 2.27. The molecule has 3 rings (SSSR count). The second-order valence-corrected chi connectivity index (χ2v) is 5.98. The molecule has 1 atom stereocenters. The van der Waals surface area contributed by atoms with E-state index >= 15 is 0 Å². The fourth-order valence-corrected chi connectivity index (χ4v) is 2.87. The highest BCUT2D eigenvalue weighted by atomic mass is 16.5. The number of anilines is 2. The van der Waals surface area contributed by atoms with Crippen molar-refractivity contribution < 1.29 is 24.2 Å². The lowest BCUT2D eigenvalue weighted by Gasteiger charge is -2.17. The van der Waals surface area contributed by atoms with Crippen molar-refractivity contribution in [2.45, 2.75) is 6.42 Å². The highest BCUT2D eigenvalue weighted by molar-refractivity contribution is 6.03. The summed E-state index contributed by atoms with van der Waals surface area (Å²) < 4.78 is 5.10. The summed E-state index contributed by atoms with van der Waals surface area (Å²) in [6.07, 6.45) is 0.108. The molecule has 2 aromatic rings. The molecule has 134 valence electrons. The van der Waals surface area contributed by atoms with Gasteiger partial charge in [-0.3, -0.25) is 9.59 Å². The van der Waals surface area contributed by atoms with Gasteiger partial charge in [0.05, 0.1) is 18.6 Å². The number of nitrogens with zero attached hydrogens (tertiary/aromatic N) is 1. The Labute approximate surface area is 150 Å². The van der Waals surface area contributed by atoms with E-state index in [1.54, 1.807) is 48.4 Å². The van der Waals surface area contributed by atoms with Crippen LogP contribution in [0, 0.1) is 5.92 Å². The number of carboxylic acids is 1. The number of amides is 2. The molecule has 7 heteroatoms. The van der Waals surface area contributed by atoms with E-state index < -0.39 is 11.9 Å². The van der Waals surface area contributed by atoms with Gasteiger partial charge in [-0.2, -0.15) is 0 Å². The first-order valence-corrected chi connectivity index (χ1v) is 8.06. The zero-order valence-electron chi connectivity index (χ0n) is 14.1. The van der Waals surface area contributed by atoms with Gasteiger partial charge >= 0.3 is 5.97 Å². The fourth-order valence-electron chi connectivity index (χ4n) is 2.87. The van der Waals surface area contributed by atoms with E-state index in [4.69, 9.17) is 9.84 Å². The molecule has 26 heavy (non-hydrogen) atoms. The average Bonchev–Trinajstić information content (AvgIpc) is 3.04. The topological polar surface area (TPSA) is 95.9 Å². The highest BCUT2D eigenvalue weighted by Gasteiger charge is 2.35. The van der Waals surface area contributed by atoms with Gasteiger partial charge in [-0.05, 0) is 42.5 Å². The third-order valence-corrected chi connectivity index (χ3v) is 4.26. The van der Waals surface area contributed by atoms with Crippen molar-refractivity contribution in [2.24, 2.45) is 5.92 Å². The maximum Gasteiger partial charge on any atom is 0.335 e. The minimum Gasteiger partial charge on any atom is -0.497 e. The SMILES string of the molecule is COc1ccc(N2C[C@@H](C(=O)Nc3cccc(C(=O)O)c3)CC2=O)cc1. The molecule has 0 unspecified atom stereocenters. The van der Waals surface area contributed by atoms with Crippen LogP contribution in [0.5, 0.6) is 5.75 Å². The Morgan fingerprint density at radius 1 is 1.19 bits per heavy atom. The predicted octanol–water partition coefficient (Wildman–Crippen LogP) is 2.39. The Morgan fingerprint density at radius 3 is 2.58 bits per heavy atom. The molecule has 0 saturated carbocycles. The number of methoxy groups -OCH3 is 1. The van der Waals surface area contributed by atoms with Crippen molar-refractivity contribution in [3.63, 3.8) is 0 Å². The monoisotopic (exact) mass is 354 g/mol. The van der Waals surface area contributed by atoms with Gasteiger partial charge in [-0.1, -0.05) is 6.07 Å². The second kappa shape index (κ2) is 7.26. The van der Waals surface area contributed by atoms with E-state index in [9.17, 15) is 14.4 Å². The zero-order valence-corrected chi connectivity index (χ0v) is 14.1. The minimum absolute atomic E-state index is 0.0881. The van der Waals surface area contributed by atoms with E-state index in [0.29, 0.717) is 17.1 Å². The van der Waals surface area contributed by atoms with Crippen LogP contribution in [0.2, 0.25) is 0 Å². The molecule has 1 aliphatic rings. The molecule has 1 saturated heterocycles. The number of carbonyl (C=O) groups excluding carboxylic acids is 2. The van der Waals surface area contributed by atoms with Crippen LogP contribution >= 0.6 is 0 Å². The number of carboxylic acid groups (broad SMARTS) is 1. The van der Waals surface area contributed by atoms with Crippen LogP contribution in [0.4, 0.5) is 11.4 Å². The normalized spacial score (nSPS) is 16.4. The lowest BCUT2D eigenvalue weighted by Crippen LogP contribution is -2.28. The molecule has 0 bridgehead atoms. The molecule has 0 aliphatic carbocycles. The standard InChI is InChI=1S/C19H18N2O5/c1-26-16-7-5-15(6-8-16)21-11-13(10-17(21)22)18(23)20-14-4-2-3-12(9-14)19(24)25/h2-9,13H,10-11H2,1H3,(H,20,23)(H,24,25)/t13-/m0/s1. The van der Waals surface area contributed by atoms with Crippen LogP contribution in [-0.4, -0.2) is 36.5 Å². The van der Waals surface area contributed by atoms with Gasteiger partial charge in [0.25, 0.3) is 0 Å². The maximum atomic E-state index is 12.5. The van der Waals surface area contributed by atoms with E-state index in [-0.39, 0.29) is 30.3 Å². The molecule has 0 radical (unpaired) electrons. The van der Waals surface area contributed by atoms with Gasteiger partial charge in [-0.25, -0.2) is 4.79 Å². The van der Waals surface area contributed by atoms with Gasteiger partial charge in [0.1, 0.15) is 5.75 Å². The largest absolute Gasteiger partial charge is 0.497 e. The molecule has 2 aromatic carbocycles. The van der Waals surface area contributed by atoms with Gasteiger partial charge in [0.15, 0.2) is 0 Å². The van der Waals surface area contributed by atoms with Gasteiger partial charge in [-0.15, -0.1) is 0 Å². The number of hydrogen-bond donors (Lipinski definition) is 2. The van der Waals surface area contributed by atoms with Crippen LogP contribution in [0.25, 0.3) is 0 Å². The first-order chi connectivity index (χ1) is 12.5. The van der Waals surface area contributed by atoms with E-state index in [0.717, 1.165) is 0 Å². The predicted molar refractivity (Wildman–Crippen MR) is 95.5 cm³/mol. The summed E-state index contributed by atoms with van der Waals surface area (Å²) in [6.45, 7) is 0.273. The van der Waals surface area contributed by atoms with Crippen LogP contribution in [0.1, 0.15) is 16.8 Å². The van der Waals surface area contributed by atoms with Crippen molar-refractivity contribution in [3.05, 3.63) is 54.1 Å². The maximum absolute atomic E-state index is 12.5. The molecular formula is C19H18N2O5. The number of ether oxygens (including phenoxy) is 1. The molecule has 2 N–H and O–H groups in total. The van der Waals surface area contributed by atoms with Crippen LogP contribution < -0.4 is 15.0 Å². The number of benzene rings is 2. The van der Waals surface area contributed by atoms with Crippen molar-refractivity contribution in [1.82, 2.24) is 0 Å². The van der Waals surface area contributed by atoms with Crippen molar-refractivity contribution in [1.29, 1.82) is 0 Å². The smallest absolute Gasteiger partial charge is 0.335 e. The van der Waals surface area contributed by atoms with Crippen LogP contribution in [0.15, 0.2) is 48.5 Å². The summed E-state index contributed by atoms with van der Waals surface area (Å²) in [5, 5.41) is 11.7. The molecule has 2 amide bonds. The summed E-state index contributed by atoms with van der Waals surface area (Å²) in [5.74, 6) is -1.32. The molecule has 0 spiro atoms. The van der Waals surface area contributed by atoms with Crippen LogP contribution in [0.3, 0.4) is 0 Å². The summed E-state index contributed by atoms with van der Waals surface area (Å²) >= 11 is 0. The minimum atomic E-state index is -1.07. The van der Waals surface area contributed by atoms with Crippen molar-refractivity contribution >= 4 is 29.2 Å². The summed E-state index contributed by atoms with van der Waals surface area (Å²) in [7, 11) is 1.57. The number of rotatable bonds is 5. The summed E-state index contributed by atoms with van der Waals surface area (Å²) in [4.78, 5) is 37.3. The van der Waals surface area contributed by atoms with Gasteiger partial charge < -0.3 is 20.1 Å². The molecule has 0 aromatic heterocycles. The Kier molecular flexibility index (Phi) is 4.88. The third-order valence-electron chi connectivity index (χ3n) is 4.26. The number of hydrogen-bond acceptors (Lipinski definition) is 4. The summed E-state index contributed by atoms with van der Waals surface area (Å²) in [5.41, 5.74) is 1.19. The second-order valence-electron chi connectivity index (χ2n) is 5.98. The lowest BCUT2D eigenvalue weighted by molar-refractivity contribution is -0.122. The van der Waals surface area contributed by atoms with E-state index in [1.807, 2.05) is 0 Å². The first-order valence-electron chi connectivity index (χ1n) is 8.06. The van der Waals surface area contributed by atoms with E-state index in [1.165, 1.54) is 12.1 Å². The fraction of sp³-hybridized carbons (Fsp3) is 0.211. The number of aromatic carboxylic acids is 1. The van der Waals surface area contributed by atoms with Crippen molar-refractivity contribution in [2.75, 3.05) is 23.9 Å². The molecule has 1 aliphatic heterocycles. The van der Waals surface area contributed by atoms with Gasteiger partial charge in [0.2, 0.25) is 11.8 Å². The van der Waals surface area contributed by atoms with Crippen LogP contribution in [-0.2, 0) is 9.59 Å². The molecular weight excluding hydrogens is 336 g/mol.